The van der Waals surface area contributed by atoms with Crippen molar-refractivity contribution in [2.24, 2.45) is 0 Å². The zero-order valence-corrected chi connectivity index (χ0v) is 32.7. The Morgan fingerprint density at radius 2 is 0.982 bits per heavy atom. The topological polar surface area (TPSA) is 218 Å². The van der Waals surface area contributed by atoms with Gasteiger partial charge in [0.25, 0.3) is 0 Å². The summed E-state index contributed by atoms with van der Waals surface area (Å²) in [6.45, 7) is 3.66. The van der Waals surface area contributed by atoms with Crippen LogP contribution >= 0.6 is 0 Å². The lowest BCUT2D eigenvalue weighted by Gasteiger charge is -2.39. The largest absolute Gasteiger partial charge is 0.491 e. The van der Waals surface area contributed by atoms with Crippen molar-refractivity contribution in [3.8, 4) is 5.75 Å². The van der Waals surface area contributed by atoms with Crippen molar-refractivity contribution in [2.75, 3.05) is 127 Å². The van der Waals surface area contributed by atoms with E-state index in [2.05, 4.69) is 0 Å². The fraction of sp³-hybridized carbons (Fsp3) is 0.730. The van der Waals surface area contributed by atoms with E-state index in [0.717, 1.165) is 5.56 Å². The molecule has 0 spiro atoms. The Kier molecular flexibility index (Phi) is 23.6. The first kappa shape index (κ1) is 47.7. The Hall–Kier alpha value is -3.46. The Morgan fingerprint density at radius 1 is 0.600 bits per heavy atom. The molecule has 4 N–H and O–H groups in total. The van der Waals surface area contributed by atoms with Crippen molar-refractivity contribution in [3.05, 3.63) is 29.8 Å². The second kappa shape index (κ2) is 27.2. The van der Waals surface area contributed by atoms with E-state index in [1.165, 1.54) is 21.3 Å². The van der Waals surface area contributed by atoms with Crippen LogP contribution in [0, 0.1) is 0 Å². The van der Waals surface area contributed by atoms with Gasteiger partial charge < -0.3 is 48.8 Å². The average molecular weight is 787 g/mol. The molecule has 1 heterocycles. The SMILES string of the molecule is CCOCCOCCOc1ccc(CCC[C@@H](C(=O)O)N2CCN([C@H](CO)C(=O)OC)CCN([C@@H](CO)C(=O)OC)CCN([C@@H](CO)C(=O)OC)CC2)cc1. The highest BCUT2D eigenvalue weighted by atomic mass is 16.5. The third-order valence-electron chi connectivity index (χ3n) is 9.62. The van der Waals surface area contributed by atoms with Gasteiger partial charge in [0.05, 0.1) is 61.0 Å². The molecule has 0 amide bonds. The molecule has 1 aliphatic rings. The van der Waals surface area contributed by atoms with Gasteiger partial charge in [-0.3, -0.25) is 38.8 Å². The first-order chi connectivity index (χ1) is 26.6. The van der Waals surface area contributed by atoms with Crippen LogP contribution in [-0.4, -0.2) is 215 Å². The summed E-state index contributed by atoms with van der Waals surface area (Å²) in [6, 6.07) is 3.37. The number of esters is 3. The molecule has 55 heavy (non-hydrogen) atoms. The van der Waals surface area contributed by atoms with E-state index >= 15 is 0 Å². The number of aryl methyl sites for hydroxylation is 1. The van der Waals surface area contributed by atoms with Gasteiger partial charge in [-0.1, -0.05) is 12.1 Å². The smallest absolute Gasteiger partial charge is 0.325 e. The van der Waals surface area contributed by atoms with Gasteiger partial charge >= 0.3 is 23.9 Å². The molecular weight excluding hydrogens is 724 g/mol. The molecule has 314 valence electrons. The molecule has 0 radical (unpaired) electrons. The number of aliphatic hydroxyl groups excluding tert-OH is 3. The number of benzene rings is 1. The predicted octanol–water partition coefficient (Wildman–Crippen LogP) is -1.28. The molecule has 1 aromatic carbocycles. The lowest BCUT2D eigenvalue weighted by atomic mass is 10.0. The molecule has 1 saturated heterocycles. The van der Waals surface area contributed by atoms with E-state index in [1.807, 2.05) is 31.2 Å². The maximum absolute atomic E-state index is 12.9. The summed E-state index contributed by atoms with van der Waals surface area (Å²) in [5.74, 6) is -2.43. The van der Waals surface area contributed by atoms with E-state index in [1.54, 1.807) is 19.6 Å². The number of carboxylic acids is 1. The Morgan fingerprint density at radius 3 is 1.35 bits per heavy atom. The number of carbonyl (C=O) groups excluding carboxylic acids is 3. The third-order valence-corrected chi connectivity index (χ3v) is 9.62. The van der Waals surface area contributed by atoms with Crippen LogP contribution in [0.5, 0.6) is 5.75 Å². The number of rotatable bonds is 23. The van der Waals surface area contributed by atoms with E-state index in [-0.39, 0.29) is 58.8 Å². The summed E-state index contributed by atoms with van der Waals surface area (Å²) < 4.78 is 31.3. The second-order valence-electron chi connectivity index (χ2n) is 12.9. The number of nitrogens with zero attached hydrogens (tertiary/aromatic N) is 4. The zero-order chi connectivity index (χ0) is 40.6. The van der Waals surface area contributed by atoms with Crippen LogP contribution in [0.15, 0.2) is 24.3 Å². The second-order valence-corrected chi connectivity index (χ2v) is 12.9. The summed E-state index contributed by atoms with van der Waals surface area (Å²) in [5.41, 5.74) is 1.00. The van der Waals surface area contributed by atoms with Crippen LogP contribution in [0.2, 0.25) is 0 Å². The van der Waals surface area contributed by atoms with Crippen LogP contribution in [0.4, 0.5) is 0 Å². The van der Waals surface area contributed by atoms with Crippen LogP contribution in [0.1, 0.15) is 25.3 Å². The zero-order valence-electron chi connectivity index (χ0n) is 32.7. The molecule has 1 fully saturated rings. The molecule has 1 aromatic rings. The standard InChI is InChI=1S/C37H62N4O14/c1-5-53-21-22-54-23-24-55-29-11-9-28(10-12-29)7-6-8-30(34(45)46)38-13-15-39(31(25-42)35(47)50-2)17-19-41(33(27-44)37(49)52-4)20-18-40(16-14-38)32(26-43)36(48)51-3/h9-12,30-33,42-44H,5-8,13-27H2,1-4H3,(H,45,46)/t30-,31-,32+,33-/m0/s1. The number of hydrogen-bond donors (Lipinski definition) is 4. The van der Waals surface area contributed by atoms with Crippen molar-refractivity contribution in [1.29, 1.82) is 0 Å². The molecule has 18 heteroatoms. The minimum Gasteiger partial charge on any atom is -0.491 e. The monoisotopic (exact) mass is 786 g/mol. The number of carbonyl (C=O) groups is 4. The van der Waals surface area contributed by atoms with E-state index in [9.17, 15) is 39.6 Å². The van der Waals surface area contributed by atoms with E-state index in [4.69, 9.17) is 28.4 Å². The molecule has 0 bridgehead atoms. The van der Waals surface area contributed by atoms with Crippen LogP contribution in [-0.2, 0) is 49.3 Å². The minimum atomic E-state index is -1.08. The number of hydrogen-bond acceptors (Lipinski definition) is 17. The van der Waals surface area contributed by atoms with Gasteiger partial charge in [0.15, 0.2) is 0 Å². The van der Waals surface area contributed by atoms with E-state index < -0.39 is 67.9 Å². The van der Waals surface area contributed by atoms with Gasteiger partial charge in [-0.25, -0.2) is 0 Å². The Bertz CT molecular complexity index is 1220. The Balaban J connectivity index is 2.29. The molecule has 18 nitrogen and oxygen atoms in total. The summed E-state index contributed by atoms with van der Waals surface area (Å²) in [5, 5.41) is 41.1. The summed E-state index contributed by atoms with van der Waals surface area (Å²) in [6.07, 6.45) is 1.41. The molecule has 2 rings (SSSR count). The van der Waals surface area contributed by atoms with Gasteiger partial charge in [0.2, 0.25) is 0 Å². The number of methoxy groups -OCH3 is 3. The summed E-state index contributed by atoms with van der Waals surface area (Å²) in [7, 11) is 3.60. The molecule has 0 unspecified atom stereocenters. The van der Waals surface area contributed by atoms with Gasteiger partial charge in [-0.2, -0.15) is 0 Å². The lowest BCUT2D eigenvalue weighted by molar-refractivity contribution is -0.153. The quantitative estimate of drug-likeness (QED) is 0.0577. The minimum absolute atomic E-state index is 0.109. The van der Waals surface area contributed by atoms with Gasteiger partial charge in [0, 0.05) is 59.0 Å². The van der Waals surface area contributed by atoms with Gasteiger partial charge in [0.1, 0.15) is 36.5 Å². The highest BCUT2D eigenvalue weighted by Gasteiger charge is 2.35. The van der Waals surface area contributed by atoms with Crippen LogP contribution in [0.3, 0.4) is 0 Å². The fourth-order valence-corrected chi connectivity index (χ4v) is 6.44. The maximum atomic E-state index is 12.9. The normalized spacial score (nSPS) is 17.9. The number of aliphatic hydroxyl groups is 3. The first-order valence-corrected chi connectivity index (χ1v) is 18.7. The summed E-state index contributed by atoms with van der Waals surface area (Å²) in [4.78, 5) is 57.8. The maximum Gasteiger partial charge on any atom is 0.325 e. The van der Waals surface area contributed by atoms with Crippen molar-refractivity contribution >= 4 is 23.9 Å². The van der Waals surface area contributed by atoms with Crippen molar-refractivity contribution in [2.45, 2.75) is 50.4 Å². The Labute approximate surface area is 323 Å². The number of aliphatic carboxylic acids is 1. The molecular formula is C37H62N4O14. The highest BCUT2D eigenvalue weighted by molar-refractivity contribution is 5.77. The molecule has 1 aliphatic heterocycles. The number of ether oxygens (including phenoxy) is 6. The molecule has 4 atom stereocenters. The van der Waals surface area contributed by atoms with Gasteiger partial charge in [-0.05, 0) is 43.9 Å². The first-order valence-electron chi connectivity index (χ1n) is 18.7. The van der Waals surface area contributed by atoms with Gasteiger partial charge in [-0.15, -0.1) is 0 Å². The molecule has 0 aliphatic carbocycles. The van der Waals surface area contributed by atoms with E-state index in [0.29, 0.717) is 51.6 Å². The predicted molar refractivity (Wildman–Crippen MR) is 199 cm³/mol. The fourth-order valence-electron chi connectivity index (χ4n) is 6.44. The summed E-state index contributed by atoms with van der Waals surface area (Å²) >= 11 is 0. The molecule has 0 saturated carbocycles. The van der Waals surface area contributed by atoms with Crippen molar-refractivity contribution in [3.63, 3.8) is 0 Å². The third kappa shape index (κ3) is 16.3. The number of carboxylic acid groups (broad SMARTS) is 1. The highest BCUT2D eigenvalue weighted by Crippen LogP contribution is 2.18. The average Bonchev–Trinajstić information content (AvgIpc) is 3.19. The van der Waals surface area contributed by atoms with Crippen LogP contribution < -0.4 is 4.74 Å². The molecule has 0 aromatic heterocycles. The lowest BCUT2D eigenvalue weighted by Crippen LogP contribution is -2.57. The van der Waals surface area contributed by atoms with Crippen LogP contribution in [0.25, 0.3) is 0 Å². The van der Waals surface area contributed by atoms with Crippen molar-refractivity contribution < 1.29 is 68.0 Å². The van der Waals surface area contributed by atoms with Crippen molar-refractivity contribution in [1.82, 2.24) is 19.6 Å².